The zero-order valence-corrected chi connectivity index (χ0v) is 19.9. The molecule has 0 radical (unpaired) electrons. The predicted octanol–water partition coefficient (Wildman–Crippen LogP) is 3.77. The second-order valence-corrected chi connectivity index (χ2v) is 8.23. The molecule has 0 aliphatic carbocycles. The van der Waals surface area contributed by atoms with E-state index >= 15 is 0 Å². The minimum Gasteiger partial charge on any atom is -0.495 e. The lowest BCUT2D eigenvalue weighted by Gasteiger charge is -2.36. The Balaban J connectivity index is 1.26. The van der Waals surface area contributed by atoms with E-state index in [0.29, 0.717) is 12.4 Å². The van der Waals surface area contributed by atoms with Crippen LogP contribution in [0.1, 0.15) is 12.8 Å². The molecule has 0 bridgehead atoms. The van der Waals surface area contributed by atoms with E-state index in [-0.39, 0.29) is 6.03 Å². The summed E-state index contributed by atoms with van der Waals surface area (Å²) in [4.78, 5) is 19.0. The number of nitrogens with zero attached hydrogens (tertiary/aromatic N) is 5. The number of rotatable bonds is 8. The van der Waals surface area contributed by atoms with Gasteiger partial charge in [-0.2, -0.15) is 0 Å². The van der Waals surface area contributed by atoms with Gasteiger partial charge in [-0.15, -0.1) is 5.10 Å². The third-order valence-corrected chi connectivity index (χ3v) is 6.20. The molecule has 8 nitrogen and oxygen atoms in total. The first-order valence-electron chi connectivity index (χ1n) is 10.9. The van der Waals surface area contributed by atoms with Gasteiger partial charge in [0.25, 0.3) is 0 Å². The van der Waals surface area contributed by atoms with E-state index in [2.05, 4.69) is 47.5 Å². The summed E-state index contributed by atoms with van der Waals surface area (Å²) >= 11 is 3.07. The highest BCUT2D eigenvalue weighted by Gasteiger charge is 2.20. The van der Waals surface area contributed by atoms with E-state index in [1.807, 2.05) is 42.6 Å². The van der Waals surface area contributed by atoms with E-state index in [4.69, 9.17) is 4.74 Å². The van der Waals surface area contributed by atoms with Gasteiger partial charge in [0.2, 0.25) is 0 Å². The van der Waals surface area contributed by atoms with Gasteiger partial charge in [-0.05, 0) is 43.7 Å². The van der Waals surface area contributed by atoms with Crippen LogP contribution in [0.4, 0.5) is 16.3 Å². The molecule has 1 saturated heterocycles. The molecule has 3 heterocycles. The van der Waals surface area contributed by atoms with Crippen molar-refractivity contribution in [3.63, 3.8) is 0 Å². The summed E-state index contributed by atoms with van der Waals surface area (Å²) in [5, 5.41) is 4.54. The van der Waals surface area contributed by atoms with Crippen LogP contribution in [-0.4, -0.2) is 66.9 Å². The Kier molecular flexibility index (Phi) is 7.49. The zero-order valence-electron chi connectivity index (χ0n) is 18.3. The number of ether oxygens (including phenoxy) is 1. The molecule has 0 atom stereocenters. The molecule has 32 heavy (non-hydrogen) atoms. The lowest BCUT2D eigenvalue weighted by Crippen LogP contribution is -2.46. The summed E-state index contributed by atoms with van der Waals surface area (Å²) in [5.74, 6) is 1.58. The molecule has 1 N–H and O–H groups in total. The van der Waals surface area contributed by atoms with Crippen molar-refractivity contribution in [1.29, 1.82) is 0 Å². The highest BCUT2D eigenvalue weighted by atomic mass is 79.9. The van der Waals surface area contributed by atoms with Crippen molar-refractivity contribution in [2.75, 3.05) is 56.2 Å². The largest absolute Gasteiger partial charge is 0.495 e. The summed E-state index contributed by atoms with van der Waals surface area (Å²) < 4.78 is 9.84. The lowest BCUT2D eigenvalue weighted by molar-refractivity contribution is 0.247. The Bertz CT molecular complexity index is 1000. The normalized spacial score (nSPS) is 14.5. The number of hydrogen-bond acceptors (Lipinski definition) is 5. The molecule has 170 valence electrons. The van der Waals surface area contributed by atoms with E-state index in [0.717, 1.165) is 56.8 Å². The van der Waals surface area contributed by atoms with Gasteiger partial charge in [-0.1, -0.05) is 18.2 Å². The molecular formula is C23H29BrN6O2. The Labute approximate surface area is 197 Å². The molecule has 0 unspecified atom stereocenters. The smallest absolute Gasteiger partial charge is 0.333 e. The first-order chi connectivity index (χ1) is 15.7. The number of para-hydroxylation sites is 2. The third kappa shape index (κ3) is 5.16. The number of benzene rings is 1. The second kappa shape index (κ2) is 10.7. The summed E-state index contributed by atoms with van der Waals surface area (Å²) in [6, 6.07) is 15.8. The predicted molar refractivity (Wildman–Crippen MR) is 131 cm³/mol. The third-order valence-electron chi connectivity index (χ3n) is 5.86. The van der Waals surface area contributed by atoms with E-state index in [9.17, 15) is 4.79 Å². The van der Waals surface area contributed by atoms with E-state index < -0.39 is 0 Å². The Morgan fingerprint density at radius 2 is 1.91 bits per heavy atom. The van der Waals surface area contributed by atoms with Gasteiger partial charge < -0.3 is 9.64 Å². The number of carbonyl (C=O) groups excluding carboxylic acids is 1. The number of amides is 2. The first-order valence-corrected chi connectivity index (χ1v) is 11.7. The van der Waals surface area contributed by atoms with Crippen molar-refractivity contribution < 1.29 is 9.53 Å². The van der Waals surface area contributed by atoms with Crippen LogP contribution in [-0.2, 0) is 0 Å². The van der Waals surface area contributed by atoms with Crippen molar-refractivity contribution in [2.24, 2.45) is 0 Å². The van der Waals surface area contributed by atoms with Gasteiger partial charge in [-0.25, -0.2) is 9.31 Å². The standard InChI is InChI=1S/C23H29BrN6O2/c1-32-21-10-3-2-9-20(21)28-16-14-27(15-17-28)11-6-7-12-29(23(31)25-24)22-18-19-8-4-5-13-30(19)26-22/h2-5,8-10,13,18H,6-7,11-12,14-17H2,1H3,(H,25,31). The van der Waals surface area contributed by atoms with Gasteiger partial charge in [0.15, 0.2) is 5.82 Å². The quantitative estimate of drug-likeness (QED) is 0.376. The maximum absolute atomic E-state index is 12.4. The molecule has 0 saturated carbocycles. The number of halogens is 1. The number of carbonyl (C=O) groups is 1. The number of nitrogens with one attached hydrogen (secondary N) is 1. The average Bonchev–Trinajstić information content (AvgIpc) is 3.28. The molecule has 1 aliphatic rings. The highest BCUT2D eigenvalue weighted by Crippen LogP contribution is 2.28. The fourth-order valence-corrected chi connectivity index (χ4v) is 4.35. The Morgan fingerprint density at radius 1 is 1.12 bits per heavy atom. The molecule has 2 aromatic heterocycles. The van der Waals surface area contributed by atoms with Gasteiger partial charge in [-0.3, -0.25) is 14.1 Å². The molecule has 1 aromatic carbocycles. The molecule has 3 aromatic rings. The van der Waals surface area contributed by atoms with Crippen molar-refractivity contribution in [2.45, 2.75) is 12.8 Å². The maximum Gasteiger partial charge on any atom is 0.333 e. The van der Waals surface area contributed by atoms with Crippen LogP contribution in [0.5, 0.6) is 5.75 Å². The fourth-order valence-electron chi connectivity index (χ4n) is 4.14. The van der Waals surface area contributed by atoms with Crippen LogP contribution in [0.15, 0.2) is 54.7 Å². The SMILES string of the molecule is COc1ccccc1N1CCN(CCCCN(C(=O)NBr)c2cc3ccccn3n2)CC1. The van der Waals surface area contributed by atoms with Crippen molar-refractivity contribution in [3.05, 3.63) is 54.7 Å². The second-order valence-electron chi connectivity index (χ2n) is 7.83. The monoisotopic (exact) mass is 500 g/mol. The van der Waals surface area contributed by atoms with Crippen molar-refractivity contribution in [1.82, 2.24) is 18.9 Å². The molecule has 9 heteroatoms. The first kappa shape index (κ1) is 22.4. The summed E-state index contributed by atoms with van der Waals surface area (Å²) in [5.41, 5.74) is 2.13. The summed E-state index contributed by atoms with van der Waals surface area (Å²) in [6.07, 6.45) is 3.81. The van der Waals surface area contributed by atoms with Crippen LogP contribution in [0.25, 0.3) is 5.52 Å². The van der Waals surface area contributed by atoms with E-state index in [1.54, 1.807) is 16.5 Å². The Hall–Kier alpha value is -2.78. The van der Waals surface area contributed by atoms with Gasteiger partial charge in [0, 0.05) is 45.0 Å². The zero-order chi connectivity index (χ0) is 22.3. The van der Waals surface area contributed by atoms with Gasteiger partial charge in [0.1, 0.15) is 5.75 Å². The van der Waals surface area contributed by atoms with Crippen molar-refractivity contribution in [3.8, 4) is 5.75 Å². The van der Waals surface area contributed by atoms with E-state index in [1.165, 1.54) is 5.69 Å². The minimum absolute atomic E-state index is 0.209. The summed E-state index contributed by atoms with van der Waals surface area (Å²) in [6.45, 7) is 5.66. The molecular weight excluding hydrogens is 472 g/mol. The number of fused-ring (bicyclic) bond motifs is 1. The molecule has 1 aliphatic heterocycles. The number of pyridine rings is 1. The van der Waals surface area contributed by atoms with Crippen molar-refractivity contribution >= 4 is 39.2 Å². The number of piperazine rings is 1. The fraction of sp³-hybridized carbons (Fsp3) is 0.391. The van der Waals surface area contributed by atoms with Gasteiger partial charge in [0.05, 0.1) is 34.5 Å². The number of hydrogen-bond donors (Lipinski definition) is 1. The summed E-state index contributed by atoms with van der Waals surface area (Å²) in [7, 11) is 1.72. The topological polar surface area (TPSA) is 65.4 Å². The molecule has 4 rings (SSSR count). The molecule has 0 spiro atoms. The number of urea groups is 1. The minimum atomic E-state index is -0.209. The highest BCUT2D eigenvalue weighted by molar-refractivity contribution is 9.08. The Morgan fingerprint density at radius 3 is 2.66 bits per heavy atom. The van der Waals surface area contributed by atoms with Crippen LogP contribution in [0, 0.1) is 0 Å². The number of unbranched alkanes of at least 4 members (excludes halogenated alkanes) is 1. The molecule has 1 fully saturated rings. The maximum atomic E-state index is 12.4. The van der Waals surface area contributed by atoms with Crippen LogP contribution in [0.2, 0.25) is 0 Å². The van der Waals surface area contributed by atoms with Gasteiger partial charge >= 0.3 is 6.03 Å². The van der Waals surface area contributed by atoms with Crippen LogP contribution >= 0.6 is 16.1 Å². The average molecular weight is 501 g/mol. The van der Waals surface area contributed by atoms with Crippen LogP contribution in [0.3, 0.4) is 0 Å². The lowest BCUT2D eigenvalue weighted by atomic mass is 10.2. The molecule has 2 amide bonds. The van der Waals surface area contributed by atoms with Crippen LogP contribution < -0.4 is 18.9 Å². The number of aromatic nitrogens is 2. The number of methoxy groups -OCH3 is 1. The number of anilines is 2.